The van der Waals surface area contributed by atoms with E-state index < -0.39 is 29.8 Å². The van der Waals surface area contributed by atoms with Gasteiger partial charge in [-0.25, -0.2) is 9.79 Å². The van der Waals surface area contributed by atoms with E-state index in [0.29, 0.717) is 5.71 Å². The lowest BCUT2D eigenvalue weighted by atomic mass is 10.0. The van der Waals surface area contributed by atoms with Crippen molar-refractivity contribution in [2.45, 2.75) is 45.9 Å². The average Bonchev–Trinajstić information content (AvgIpc) is 2.82. The van der Waals surface area contributed by atoms with Crippen molar-refractivity contribution in [3.8, 4) is 5.75 Å². The Balaban J connectivity index is 1.93. The number of ether oxygens (including phenoxy) is 2. The number of pyridine rings is 1. The van der Waals surface area contributed by atoms with Crippen molar-refractivity contribution in [3.05, 3.63) is 94.4 Å². The van der Waals surface area contributed by atoms with Gasteiger partial charge >= 0.3 is 12.6 Å². The topological polar surface area (TPSA) is 81.9 Å². The lowest BCUT2D eigenvalue weighted by molar-refractivity contribution is 0.0493. The molecule has 1 N–H and O–H groups in total. The van der Waals surface area contributed by atoms with E-state index in [1.54, 1.807) is 27.7 Å². The number of benzene rings is 2. The number of hydrogen-bond donors (Lipinski definition) is 1. The molecule has 0 spiro atoms. The molecule has 7 nitrogen and oxygen atoms in total. The van der Waals surface area contributed by atoms with Crippen LogP contribution in [0.3, 0.4) is 0 Å². The number of halogens is 2. The molecule has 1 unspecified atom stereocenters. The Morgan fingerprint density at radius 3 is 2.08 bits per heavy atom. The van der Waals surface area contributed by atoms with Gasteiger partial charge in [0.1, 0.15) is 12.2 Å². The van der Waals surface area contributed by atoms with Crippen LogP contribution in [-0.4, -0.2) is 34.6 Å². The molecule has 3 aromatic rings. The zero-order valence-electron chi connectivity index (χ0n) is 20.6. The van der Waals surface area contributed by atoms with E-state index in [4.69, 9.17) is 9.47 Å². The van der Waals surface area contributed by atoms with Gasteiger partial charge in [0.15, 0.2) is 5.75 Å². The fourth-order valence-corrected chi connectivity index (χ4v) is 3.25. The Kier molecular flexibility index (Phi) is 8.58. The van der Waals surface area contributed by atoms with E-state index in [0.717, 1.165) is 17.3 Å². The number of aliphatic imine (C=N–C) groups is 1. The van der Waals surface area contributed by atoms with Gasteiger partial charge in [0.2, 0.25) is 0 Å². The van der Waals surface area contributed by atoms with Gasteiger partial charge in [-0.1, -0.05) is 60.7 Å². The van der Waals surface area contributed by atoms with Crippen LogP contribution in [0.4, 0.5) is 19.3 Å². The van der Waals surface area contributed by atoms with Crippen LogP contribution >= 0.6 is 0 Å². The van der Waals surface area contributed by atoms with Crippen molar-refractivity contribution < 1.29 is 23.0 Å². The van der Waals surface area contributed by atoms with E-state index in [1.165, 1.54) is 6.07 Å². The summed E-state index contributed by atoms with van der Waals surface area (Å²) in [4.78, 5) is 29.2. The normalized spacial score (nSPS) is 12.1. The number of carbonyl (C=O) groups excluding carboxylic acids is 1. The zero-order chi connectivity index (χ0) is 26.3. The summed E-state index contributed by atoms with van der Waals surface area (Å²) < 4.78 is 38.4. The predicted octanol–water partition coefficient (Wildman–Crippen LogP) is 5.70. The SMILES string of the molecule is CC(COc1cc(N=C(c2ccccc2)c2ccccc2)cn(C(F)F)c1=O)NC(=O)OC(C)(C)C. The van der Waals surface area contributed by atoms with Crippen LogP contribution in [0.15, 0.2) is 82.7 Å². The molecule has 1 amide bonds. The number of nitrogens with one attached hydrogen (secondary N) is 1. The van der Waals surface area contributed by atoms with Gasteiger partial charge in [-0.05, 0) is 27.7 Å². The number of hydrogen-bond acceptors (Lipinski definition) is 5. The van der Waals surface area contributed by atoms with Crippen molar-refractivity contribution >= 4 is 17.5 Å². The molecule has 0 radical (unpaired) electrons. The predicted molar refractivity (Wildman–Crippen MR) is 134 cm³/mol. The molecule has 9 heteroatoms. The summed E-state index contributed by atoms with van der Waals surface area (Å²) in [6.45, 7) is 3.59. The number of alkyl carbamates (subject to hydrolysis) is 1. The average molecular weight is 498 g/mol. The summed E-state index contributed by atoms with van der Waals surface area (Å²) in [5, 5.41) is 2.58. The highest BCUT2D eigenvalue weighted by molar-refractivity contribution is 6.13. The molecule has 0 saturated heterocycles. The number of aromatic nitrogens is 1. The second-order valence-corrected chi connectivity index (χ2v) is 9.10. The molecule has 1 heterocycles. The van der Waals surface area contributed by atoms with Gasteiger partial charge in [0.05, 0.1) is 17.4 Å². The van der Waals surface area contributed by atoms with Crippen LogP contribution < -0.4 is 15.6 Å². The molecule has 2 aromatic carbocycles. The summed E-state index contributed by atoms with van der Waals surface area (Å²) in [6, 6.07) is 19.3. The Labute approximate surface area is 208 Å². The monoisotopic (exact) mass is 497 g/mol. The molecule has 0 aliphatic carbocycles. The maximum absolute atomic E-state index is 13.7. The summed E-state index contributed by atoms with van der Waals surface area (Å²) in [7, 11) is 0. The van der Waals surface area contributed by atoms with E-state index in [1.807, 2.05) is 60.7 Å². The maximum atomic E-state index is 13.7. The number of nitrogens with zero attached hydrogens (tertiary/aromatic N) is 2. The van der Waals surface area contributed by atoms with E-state index >= 15 is 0 Å². The van der Waals surface area contributed by atoms with Crippen LogP contribution in [0.5, 0.6) is 5.75 Å². The third-order valence-corrected chi connectivity index (χ3v) is 4.79. The standard InChI is InChI=1S/C27H29F2N3O4/c1-18(30-26(34)36-27(2,3)4)17-35-22-15-21(16-32(24(22)33)25(28)29)31-23(19-11-7-5-8-12-19)20-13-9-6-10-14-20/h5-16,18,25H,17H2,1-4H3,(H,30,34). The molecule has 3 rings (SSSR count). The Hall–Kier alpha value is -4.01. The lowest BCUT2D eigenvalue weighted by Crippen LogP contribution is -2.40. The minimum absolute atomic E-state index is 0.111. The van der Waals surface area contributed by atoms with E-state index in [2.05, 4.69) is 10.3 Å². The van der Waals surface area contributed by atoms with Crippen molar-refractivity contribution in [1.82, 2.24) is 9.88 Å². The van der Waals surface area contributed by atoms with Crippen LogP contribution in [0, 0.1) is 0 Å². The quantitative estimate of drug-likeness (QED) is 0.405. The first kappa shape index (κ1) is 26.6. The third kappa shape index (κ3) is 7.49. The lowest BCUT2D eigenvalue weighted by Gasteiger charge is -2.22. The summed E-state index contributed by atoms with van der Waals surface area (Å²) >= 11 is 0. The maximum Gasteiger partial charge on any atom is 0.407 e. The van der Waals surface area contributed by atoms with E-state index in [-0.39, 0.29) is 22.6 Å². The van der Waals surface area contributed by atoms with Crippen LogP contribution in [0.2, 0.25) is 0 Å². The first-order valence-corrected chi connectivity index (χ1v) is 11.4. The van der Waals surface area contributed by atoms with Gasteiger partial charge in [-0.3, -0.25) is 9.36 Å². The first-order chi connectivity index (χ1) is 17.0. The Morgan fingerprint density at radius 1 is 1.03 bits per heavy atom. The van der Waals surface area contributed by atoms with Crippen molar-refractivity contribution in [2.24, 2.45) is 4.99 Å². The fraction of sp³-hybridized carbons (Fsp3) is 0.296. The molecular weight excluding hydrogens is 468 g/mol. The van der Waals surface area contributed by atoms with Crippen molar-refractivity contribution in [2.75, 3.05) is 6.61 Å². The smallest absolute Gasteiger partial charge is 0.407 e. The van der Waals surface area contributed by atoms with Crippen LogP contribution in [-0.2, 0) is 4.74 Å². The molecule has 1 aromatic heterocycles. The molecule has 1 atom stereocenters. The highest BCUT2D eigenvalue weighted by Crippen LogP contribution is 2.23. The summed E-state index contributed by atoms with van der Waals surface area (Å²) in [6.07, 6.45) is 0.339. The molecular formula is C27H29F2N3O4. The first-order valence-electron chi connectivity index (χ1n) is 11.4. The number of amides is 1. The van der Waals surface area contributed by atoms with Crippen LogP contribution in [0.25, 0.3) is 0 Å². The number of alkyl halides is 2. The van der Waals surface area contributed by atoms with Crippen molar-refractivity contribution in [3.63, 3.8) is 0 Å². The molecule has 0 saturated carbocycles. The summed E-state index contributed by atoms with van der Waals surface area (Å²) in [5.74, 6) is -0.310. The summed E-state index contributed by atoms with van der Waals surface area (Å²) in [5.41, 5.74) is 0.514. The molecule has 0 bridgehead atoms. The highest BCUT2D eigenvalue weighted by atomic mass is 19.3. The molecule has 36 heavy (non-hydrogen) atoms. The van der Waals surface area contributed by atoms with Gasteiger partial charge in [0.25, 0.3) is 5.56 Å². The van der Waals surface area contributed by atoms with Crippen LogP contribution in [0.1, 0.15) is 45.4 Å². The van der Waals surface area contributed by atoms with Gasteiger partial charge in [-0.2, -0.15) is 8.78 Å². The van der Waals surface area contributed by atoms with Gasteiger partial charge < -0.3 is 14.8 Å². The van der Waals surface area contributed by atoms with Gasteiger partial charge in [-0.15, -0.1) is 0 Å². The third-order valence-electron chi connectivity index (χ3n) is 4.79. The molecule has 0 aliphatic heterocycles. The Bertz CT molecular complexity index is 1210. The molecule has 190 valence electrons. The van der Waals surface area contributed by atoms with E-state index in [9.17, 15) is 18.4 Å². The minimum atomic E-state index is -3.09. The second-order valence-electron chi connectivity index (χ2n) is 9.10. The number of rotatable bonds is 8. The van der Waals surface area contributed by atoms with Crippen molar-refractivity contribution in [1.29, 1.82) is 0 Å². The molecule has 0 aliphatic rings. The zero-order valence-corrected chi connectivity index (χ0v) is 20.6. The highest BCUT2D eigenvalue weighted by Gasteiger charge is 2.19. The Morgan fingerprint density at radius 2 is 1.58 bits per heavy atom. The number of carbonyl (C=O) groups is 1. The minimum Gasteiger partial charge on any atom is -0.486 e. The second kappa shape index (κ2) is 11.6. The fourth-order valence-electron chi connectivity index (χ4n) is 3.25. The molecule has 0 fully saturated rings. The van der Waals surface area contributed by atoms with Gasteiger partial charge in [0, 0.05) is 23.4 Å². The largest absolute Gasteiger partial charge is 0.486 e.